The van der Waals surface area contributed by atoms with Crippen molar-refractivity contribution < 1.29 is 13.2 Å². The first-order chi connectivity index (χ1) is 14.7. The fourth-order valence-corrected chi connectivity index (χ4v) is 5.17. The molecule has 164 valence electrons. The quantitative estimate of drug-likeness (QED) is 0.607. The lowest BCUT2D eigenvalue weighted by Crippen LogP contribution is -2.18. The number of nitrogens with two attached hydrogens (primary N) is 1. The number of nitrogens with zero attached hydrogens (tertiary/aromatic N) is 1. The molecule has 0 spiro atoms. The number of hydrogen-bond acceptors (Lipinski definition) is 5. The third kappa shape index (κ3) is 4.59. The molecule has 1 fully saturated rings. The number of benzene rings is 2. The van der Waals surface area contributed by atoms with Gasteiger partial charge >= 0.3 is 0 Å². The normalized spacial score (nSPS) is 18.1. The molecular weight excluding hydrogens is 410 g/mol. The van der Waals surface area contributed by atoms with Crippen molar-refractivity contribution in [3.8, 4) is 0 Å². The molecule has 0 saturated carbocycles. The minimum Gasteiger partial charge on any atom is -0.381 e. The molecule has 1 aliphatic rings. The maximum Gasteiger partial charge on any atom is 0.240 e. The Bertz CT molecular complexity index is 1220. The minimum absolute atomic E-state index is 0.0906. The summed E-state index contributed by atoms with van der Waals surface area (Å²) in [5.74, 6) is 0.353. The summed E-state index contributed by atoms with van der Waals surface area (Å²) in [6.07, 6.45) is 2.16. The number of sulfonamides is 1. The molecule has 1 aromatic heterocycles. The van der Waals surface area contributed by atoms with Gasteiger partial charge in [0.25, 0.3) is 0 Å². The van der Waals surface area contributed by atoms with Crippen LogP contribution in [0.4, 0.5) is 5.69 Å². The number of aryl methyl sites for hydroxylation is 2. The molecule has 3 aromatic rings. The molecule has 31 heavy (non-hydrogen) atoms. The van der Waals surface area contributed by atoms with Crippen molar-refractivity contribution >= 4 is 26.6 Å². The second-order valence-corrected chi connectivity index (χ2v) is 9.93. The van der Waals surface area contributed by atoms with Crippen LogP contribution in [-0.4, -0.2) is 26.6 Å². The van der Waals surface area contributed by atoms with Gasteiger partial charge in [-0.25, -0.2) is 13.6 Å². The molecule has 0 bridgehead atoms. The van der Waals surface area contributed by atoms with E-state index in [1.54, 1.807) is 18.2 Å². The van der Waals surface area contributed by atoms with Crippen molar-refractivity contribution in [2.24, 2.45) is 5.14 Å². The van der Waals surface area contributed by atoms with Crippen molar-refractivity contribution in [1.29, 1.82) is 0 Å². The van der Waals surface area contributed by atoms with Crippen LogP contribution in [0.15, 0.2) is 47.4 Å². The van der Waals surface area contributed by atoms with Crippen molar-refractivity contribution in [3.05, 3.63) is 64.8 Å². The van der Waals surface area contributed by atoms with E-state index in [0.29, 0.717) is 11.6 Å². The molecule has 6 nitrogen and oxygen atoms in total. The van der Waals surface area contributed by atoms with Gasteiger partial charge in [-0.2, -0.15) is 0 Å². The van der Waals surface area contributed by atoms with Crippen LogP contribution in [-0.2, 0) is 14.8 Å². The Hall–Kier alpha value is -2.48. The van der Waals surface area contributed by atoms with Crippen LogP contribution in [0, 0.1) is 13.8 Å². The molecular formula is C24H29N3O3S. The first-order valence-corrected chi connectivity index (χ1v) is 12.2. The van der Waals surface area contributed by atoms with E-state index in [1.807, 2.05) is 13.8 Å². The van der Waals surface area contributed by atoms with Crippen LogP contribution in [0.2, 0.25) is 0 Å². The standard InChI is InChI=1S/C24H29N3O3S/c1-15-11-20(17(3)26-22-8-4-5-9-24(22)31(25,28)29)21-13-19(16(2)27-23(21)12-15)18-7-6-10-30-14-18/h4-5,8-9,11-13,17-18,26H,6-7,10,14H2,1-3H3,(H2,25,28,29)/t17-,18+/m1/s1. The Morgan fingerprint density at radius 2 is 1.97 bits per heavy atom. The van der Waals surface area contributed by atoms with Crippen molar-refractivity contribution in [1.82, 2.24) is 4.98 Å². The zero-order chi connectivity index (χ0) is 22.2. The molecule has 0 aliphatic carbocycles. The third-order valence-corrected chi connectivity index (χ3v) is 6.94. The largest absolute Gasteiger partial charge is 0.381 e. The summed E-state index contributed by atoms with van der Waals surface area (Å²) in [6.45, 7) is 7.69. The monoisotopic (exact) mass is 439 g/mol. The molecule has 2 heterocycles. The van der Waals surface area contributed by atoms with Crippen molar-refractivity contribution in [2.45, 2.75) is 50.5 Å². The molecule has 3 N–H and O–H groups in total. The van der Waals surface area contributed by atoms with Gasteiger partial charge in [-0.05, 0) is 74.6 Å². The van der Waals surface area contributed by atoms with Gasteiger partial charge in [-0.1, -0.05) is 18.2 Å². The number of nitrogens with one attached hydrogen (secondary N) is 1. The van der Waals surface area contributed by atoms with Crippen LogP contribution < -0.4 is 10.5 Å². The second kappa shape index (κ2) is 8.57. The second-order valence-electron chi connectivity index (χ2n) is 8.41. The highest BCUT2D eigenvalue weighted by Crippen LogP contribution is 2.34. The number of primary sulfonamides is 1. The minimum atomic E-state index is -3.83. The summed E-state index contributed by atoms with van der Waals surface area (Å²) in [4.78, 5) is 5.01. The summed E-state index contributed by atoms with van der Waals surface area (Å²) < 4.78 is 29.7. The number of pyridine rings is 1. The van der Waals surface area contributed by atoms with Crippen LogP contribution in [0.1, 0.15) is 54.1 Å². The van der Waals surface area contributed by atoms with Gasteiger partial charge < -0.3 is 10.1 Å². The maximum atomic E-state index is 12.0. The zero-order valence-corrected chi connectivity index (χ0v) is 19.0. The van der Waals surface area contributed by atoms with E-state index in [9.17, 15) is 8.42 Å². The van der Waals surface area contributed by atoms with Gasteiger partial charge in [0.05, 0.1) is 17.8 Å². The number of rotatable bonds is 5. The predicted octanol–water partition coefficient (Wildman–Crippen LogP) is 4.57. The Labute approximate surface area is 183 Å². The van der Waals surface area contributed by atoms with Gasteiger partial charge in [0.1, 0.15) is 4.90 Å². The van der Waals surface area contributed by atoms with Gasteiger partial charge in [0, 0.05) is 29.6 Å². The SMILES string of the molecule is Cc1cc([C@@H](C)Nc2ccccc2S(N)(=O)=O)c2cc([C@H]3CCCOC3)c(C)nc2c1. The molecule has 1 saturated heterocycles. The Balaban J connectivity index is 1.78. The van der Waals surface area contributed by atoms with Gasteiger partial charge in [-0.15, -0.1) is 0 Å². The molecule has 0 unspecified atom stereocenters. The van der Waals surface area contributed by atoms with E-state index in [1.165, 1.54) is 11.6 Å². The average molecular weight is 440 g/mol. The Kier molecular flexibility index (Phi) is 6.01. The molecule has 2 aromatic carbocycles. The molecule has 0 radical (unpaired) electrons. The smallest absolute Gasteiger partial charge is 0.240 e. The summed E-state index contributed by atoms with van der Waals surface area (Å²) in [5, 5.41) is 9.84. The highest BCUT2D eigenvalue weighted by molar-refractivity contribution is 7.89. The molecule has 1 aliphatic heterocycles. The van der Waals surface area contributed by atoms with Gasteiger partial charge in [0.2, 0.25) is 10.0 Å². The van der Waals surface area contributed by atoms with E-state index >= 15 is 0 Å². The average Bonchev–Trinajstić information content (AvgIpc) is 2.73. The number of ether oxygens (including phenoxy) is 1. The number of fused-ring (bicyclic) bond motifs is 1. The lowest BCUT2D eigenvalue weighted by atomic mass is 9.89. The van der Waals surface area contributed by atoms with Crippen LogP contribution in [0.3, 0.4) is 0 Å². The fraction of sp³-hybridized carbons (Fsp3) is 0.375. The van der Waals surface area contributed by atoms with E-state index in [2.05, 4.69) is 30.4 Å². The number of aromatic nitrogens is 1. The fourth-order valence-electron chi connectivity index (χ4n) is 4.46. The van der Waals surface area contributed by atoms with Crippen molar-refractivity contribution in [3.63, 3.8) is 0 Å². The van der Waals surface area contributed by atoms with Crippen LogP contribution in [0.25, 0.3) is 10.9 Å². The summed E-state index contributed by atoms with van der Waals surface area (Å²) >= 11 is 0. The molecule has 4 rings (SSSR count). The third-order valence-electron chi connectivity index (χ3n) is 5.97. The highest BCUT2D eigenvalue weighted by atomic mass is 32.2. The molecule has 2 atom stereocenters. The van der Waals surface area contributed by atoms with Crippen LogP contribution in [0.5, 0.6) is 0 Å². The number of hydrogen-bond donors (Lipinski definition) is 2. The molecule has 7 heteroatoms. The number of anilines is 1. The zero-order valence-electron chi connectivity index (χ0n) is 18.2. The maximum absolute atomic E-state index is 12.0. The van der Waals surface area contributed by atoms with E-state index in [4.69, 9.17) is 14.9 Å². The van der Waals surface area contributed by atoms with Crippen molar-refractivity contribution in [2.75, 3.05) is 18.5 Å². The Morgan fingerprint density at radius 1 is 1.19 bits per heavy atom. The van der Waals surface area contributed by atoms with E-state index in [0.717, 1.165) is 53.8 Å². The van der Waals surface area contributed by atoms with Gasteiger partial charge in [0.15, 0.2) is 0 Å². The lowest BCUT2D eigenvalue weighted by molar-refractivity contribution is 0.0802. The Morgan fingerprint density at radius 3 is 2.68 bits per heavy atom. The highest BCUT2D eigenvalue weighted by Gasteiger charge is 2.22. The number of para-hydroxylation sites is 1. The van der Waals surface area contributed by atoms with E-state index in [-0.39, 0.29) is 10.9 Å². The lowest BCUT2D eigenvalue weighted by Gasteiger charge is -2.25. The first-order valence-electron chi connectivity index (χ1n) is 10.6. The summed E-state index contributed by atoms with van der Waals surface area (Å²) in [5.41, 5.74) is 5.89. The van der Waals surface area contributed by atoms with Gasteiger partial charge in [-0.3, -0.25) is 4.98 Å². The summed E-state index contributed by atoms with van der Waals surface area (Å²) in [6, 6.07) is 13.1. The van der Waals surface area contributed by atoms with E-state index < -0.39 is 10.0 Å². The van der Waals surface area contributed by atoms with Crippen LogP contribution >= 0.6 is 0 Å². The first kappa shape index (κ1) is 21.7. The molecule has 0 amide bonds. The topological polar surface area (TPSA) is 94.3 Å². The predicted molar refractivity (Wildman–Crippen MR) is 124 cm³/mol. The summed E-state index contributed by atoms with van der Waals surface area (Å²) in [7, 11) is -3.83.